The minimum absolute atomic E-state index is 0.0915. The summed E-state index contributed by atoms with van der Waals surface area (Å²) in [5.41, 5.74) is 2.99. The van der Waals surface area contributed by atoms with E-state index in [-0.39, 0.29) is 17.6 Å². The molecule has 0 atom stereocenters. The van der Waals surface area contributed by atoms with Crippen LogP contribution in [0.4, 0.5) is 0 Å². The topological polar surface area (TPSA) is 37.4 Å². The van der Waals surface area contributed by atoms with Crippen LogP contribution in [0.5, 0.6) is 0 Å². The summed E-state index contributed by atoms with van der Waals surface area (Å²) in [5, 5.41) is 0. The highest BCUT2D eigenvalue weighted by Gasteiger charge is 2.25. The first kappa shape index (κ1) is 13.8. The number of likely N-dealkylation sites (tertiary alicyclic amines) is 1. The van der Waals surface area contributed by atoms with Crippen molar-refractivity contribution in [3.8, 4) is 0 Å². The molecule has 1 saturated heterocycles. The molecule has 1 amide bonds. The van der Waals surface area contributed by atoms with Gasteiger partial charge in [-0.15, -0.1) is 0 Å². The fourth-order valence-corrected chi connectivity index (χ4v) is 2.77. The van der Waals surface area contributed by atoms with Crippen LogP contribution < -0.4 is 0 Å². The van der Waals surface area contributed by atoms with Crippen LogP contribution in [0, 0.1) is 19.8 Å². The number of aryl methyl sites for hydroxylation is 2. The molecule has 1 aliphatic rings. The molecule has 0 aromatic heterocycles. The first-order valence-electron chi connectivity index (χ1n) is 6.85. The van der Waals surface area contributed by atoms with E-state index in [1.165, 1.54) is 0 Å². The third kappa shape index (κ3) is 3.22. The summed E-state index contributed by atoms with van der Waals surface area (Å²) in [4.78, 5) is 25.6. The van der Waals surface area contributed by atoms with E-state index in [2.05, 4.69) is 6.07 Å². The number of ketones is 1. The van der Waals surface area contributed by atoms with Crippen molar-refractivity contribution in [1.29, 1.82) is 0 Å². The summed E-state index contributed by atoms with van der Waals surface area (Å²) < 4.78 is 0. The molecule has 3 heteroatoms. The fraction of sp³-hybridized carbons (Fsp3) is 0.500. The second-order valence-electron chi connectivity index (χ2n) is 5.55. The molecule has 0 unspecified atom stereocenters. The monoisotopic (exact) mass is 259 g/mol. The van der Waals surface area contributed by atoms with Crippen LogP contribution in [0.15, 0.2) is 18.2 Å². The molecule has 102 valence electrons. The van der Waals surface area contributed by atoms with Crippen LogP contribution in [0.2, 0.25) is 0 Å². The molecule has 1 fully saturated rings. The summed E-state index contributed by atoms with van der Waals surface area (Å²) in [5.74, 6) is 0.482. The lowest BCUT2D eigenvalue weighted by Gasteiger charge is -2.31. The number of benzene rings is 1. The average molecular weight is 259 g/mol. The van der Waals surface area contributed by atoms with Crippen LogP contribution in [0.25, 0.3) is 0 Å². The van der Waals surface area contributed by atoms with E-state index in [4.69, 9.17) is 0 Å². The standard InChI is InChI=1S/C16H21NO2/c1-11-8-12(2)10-15(9-11)16(19)17-6-4-14(5-7-17)13(3)18/h8-10,14H,4-7H2,1-3H3. The van der Waals surface area contributed by atoms with Crippen molar-refractivity contribution in [3.63, 3.8) is 0 Å². The van der Waals surface area contributed by atoms with Gasteiger partial charge in [-0.05, 0) is 45.7 Å². The van der Waals surface area contributed by atoms with Crippen LogP contribution in [0.3, 0.4) is 0 Å². The van der Waals surface area contributed by atoms with Gasteiger partial charge in [0, 0.05) is 24.6 Å². The Morgan fingerprint density at radius 2 is 1.58 bits per heavy atom. The van der Waals surface area contributed by atoms with Crippen LogP contribution >= 0.6 is 0 Å². The first-order chi connectivity index (χ1) is 8.97. The Morgan fingerprint density at radius 3 is 2.05 bits per heavy atom. The molecule has 2 rings (SSSR count). The minimum Gasteiger partial charge on any atom is -0.339 e. The van der Waals surface area contributed by atoms with Gasteiger partial charge in [0.05, 0.1) is 0 Å². The maximum atomic E-state index is 12.4. The number of hydrogen-bond acceptors (Lipinski definition) is 2. The summed E-state index contributed by atoms with van der Waals surface area (Å²) in [6, 6.07) is 5.94. The number of amides is 1. The maximum absolute atomic E-state index is 12.4. The van der Waals surface area contributed by atoms with Gasteiger partial charge in [0.25, 0.3) is 5.91 Å². The number of Topliss-reactive ketones (excluding diaryl/α,β-unsaturated/α-hetero) is 1. The number of carbonyl (C=O) groups is 2. The number of rotatable bonds is 2. The molecule has 3 nitrogen and oxygen atoms in total. The van der Waals surface area contributed by atoms with E-state index >= 15 is 0 Å². The van der Waals surface area contributed by atoms with Crippen molar-refractivity contribution in [3.05, 3.63) is 34.9 Å². The van der Waals surface area contributed by atoms with Crippen molar-refractivity contribution in [2.45, 2.75) is 33.6 Å². The number of carbonyl (C=O) groups excluding carboxylic acids is 2. The van der Waals surface area contributed by atoms with Gasteiger partial charge in [0.15, 0.2) is 0 Å². The predicted molar refractivity (Wildman–Crippen MR) is 75.2 cm³/mol. The maximum Gasteiger partial charge on any atom is 0.253 e. The molecule has 0 N–H and O–H groups in total. The highest BCUT2D eigenvalue weighted by atomic mass is 16.2. The summed E-state index contributed by atoms with van der Waals surface area (Å²) in [6.07, 6.45) is 1.59. The molecule has 0 aliphatic carbocycles. The Hall–Kier alpha value is -1.64. The van der Waals surface area contributed by atoms with Gasteiger partial charge in [0.1, 0.15) is 5.78 Å². The molecule has 0 saturated carbocycles. The zero-order chi connectivity index (χ0) is 14.0. The van der Waals surface area contributed by atoms with Crippen LogP contribution in [-0.2, 0) is 4.79 Å². The number of nitrogens with zero attached hydrogens (tertiary/aromatic N) is 1. The number of piperidine rings is 1. The quantitative estimate of drug-likeness (QED) is 0.819. The summed E-state index contributed by atoms with van der Waals surface area (Å²) >= 11 is 0. The van der Waals surface area contributed by atoms with Crippen molar-refractivity contribution < 1.29 is 9.59 Å². The van der Waals surface area contributed by atoms with Crippen molar-refractivity contribution in [1.82, 2.24) is 4.90 Å². The van der Waals surface area contributed by atoms with E-state index in [0.717, 1.165) is 29.5 Å². The molecule has 1 aromatic carbocycles. The Labute approximate surface area is 114 Å². The van der Waals surface area contributed by atoms with Gasteiger partial charge in [-0.2, -0.15) is 0 Å². The molecular formula is C16H21NO2. The van der Waals surface area contributed by atoms with Gasteiger partial charge >= 0.3 is 0 Å². The molecular weight excluding hydrogens is 238 g/mol. The zero-order valence-corrected chi connectivity index (χ0v) is 11.9. The third-order valence-corrected chi connectivity index (χ3v) is 3.83. The van der Waals surface area contributed by atoms with Gasteiger partial charge < -0.3 is 4.90 Å². The summed E-state index contributed by atoms with van der Waals surface area (Å²) in [6.45, 7) is 7.04. The smallest absolute Gasteiger partial charge is 0.253 e. The number of hydrogen-bond donors (Lipinski definition) is 0. The largest absolute Gasteiger partial charge is 0.339 e. The van der Waals surface area contributed by atoms with Gasteiger partial charge in [-0.25, -0.2) is 0 Å². The molecule has 1 heterocycles. The van der Waals surface area contributed by atoms with Crippen molar-refractivity contribution >= 4 is 11.7 Å². The lowest BCUT2D eigenvalue weighted by Crippen LogP contribution is -2.39. The van der Waals surface area contributed by atoms with Crippen molar-refractivity contribution in [2.24, 2.45) is 5.92 Å². The molecule has 19 heavy (non-hydrogen) atoms. The SMILES string of the molecule is CC(=O)C1CCN(C(=O)c2cc(C)cc(C)c2)CC1. The molecule has 0 spiro atoms. The van der Waals surface area contributed by atoms with E-state index in [9.17, 15) is 9.59 Å². The van der Waals surface area contributed by atoms with E-state index in [0.29, 0.717) is 13.1 Å². The van der Waals surface area contributed by atoms with E-state index < -0.39 is 0 Å². The third-order valence-electron chi connectivity index (χ3n) is 3.83. The Morgan fingerprint density at radius 1 is 1.05 bits per heavy atom. The minimum atomic E-state index is 0.0915. The highest BCUT2D eigenvalue weighted by molar-refractivity contribution is 5.94. The Kier molecular flexibility index (Phi) is 4.03. The fourth-order valence-electron chi connectivity index (χ4n) is 2.77. The van der Waals surface area contributed by atoms with Gasteiger partial charge in [0.2, 0.25) is 0 Å². The van der Waals surface area contributed by atoms with Crippen molar-refractivity contribution in [2.75, 3.05) is 13.1 Å². The second-order valence-corrected chi connectivity index (χ2v) is 5.55. The Balaban J connectivity index is 2.07. The van der Waals surface area contributed by atoms with Crippen LogP contribution in [0.1, 0.15) is 41.3 Å². The Bertz CT molecular complexity index is 479. The van der Waals surface area contributed by atoms with Gasteiger partial charge in [-0.1, -0.05) is 17.2 Å². The highest BCUT2D eigenvalue weighted by Crippen LogP contribution is 2.20. The van der Waals surface area contributed by atoms with E-state index in [1.807, 2.05) is 30.9 Å². The molecule has 0 radical (unpaired) electrons. The van der Waals surface area contributed by atoms with E-state index in [1.54, 1.807) is 6.92 Å². The molecule has 0 bridgehead atoms. The van der Waals surface area contributed by atoms with Gasteiger partial charge in [-0.3, -0.25) is 9.59 Å². The lowest BCUT2D eigenvalue weighted by atomic mass is 9.93. The summed E-state index contributed by atoms with van der Waals surface area (Å²) in [7, 11) is 0. The molecule has 1 aromatic rings. The lowest BCUT2D eigenvalue weighted by molar-refractivity contribution is -0.121. The second kappa shape index (κ2) is 5.55. The molecule has 1 aliphatic heterocycles. The predicted octanol–water partition coefficient (Wildman–Crippen LogP) is 2.74. The van der Waals surface area contributed by atoms with Crippen LogP contribution in [-0.4, -0.2) is 29.7 Å². The first-order valence-corrected chi connectivity index (χ1v) is 6.85. The zero-order valence-electron chi connectivity index (χ0n) is 11.9. The normalized spacial score (nSPS) is 16.5. The average Bonchev–Trinajstić information content (AvgIpc) is 2.37.